The van der Waals surface area contributed by atoms with Crippen molar-refractivity contribution in [3.63, 3.8) is 0 Å². The van der Waals surface area contributed by atoms with Crippen LogP contribution in [0.4, 0.5) is 10.6 Å². The number of aromatic nitrogens is 2. The van der Waals surface area contributed by atoms with Crippen LogP contribution >= 0.6 is 0 Å². The third-order valence-electron chi connectivity index (χ3n) is 6.32. The summed E-state index contributed by atoms with van der Waals surface area (Å²) < 4.78 is 1.95. The number of amides is 2. The summed E-state index contributed by atoms with van der Waals surface area (Å²) in [4.78, 5) is 17.4. The fourth-order valence-electron chi connectivity index (χ4n) is 5.11. The maximum absolute atomic E-state index is 12.9. The lowest BCUT2D eigenvalue weighted by molar-refractivity contribution is 0.165. The van der Waals surface area contributed by atoms with Gasteiger partial charge in [0.15, 0.2) is 0 Å². The molecule has 0 aromatic carbocycles. The number of nitrogens with one attached hydrogen (secondary N) is 1. The Kier molecular flexibility index (Phi) is 4.61. The number of nitrogens with zero attached hydrogens (tertiary/aromatic N) is 4. The minimum Gasteiger partial charge on any atom is -0.355 e. The van der Waals surface area contributed by atoms with Gasteiger partial charge in [-0.1, -0.05) is 12.8 Å². The summed E-state index contributed by atoms with van der Waals surface area (Å²) in [6.45, 7) is 4.89. The molecule has 138 valence electrons. The molecule has 2 saturated heterocycles. The fraction of sp³-hybridized carbons (Fsp3) is 0.789. The summed E-state index contributed by atoms with van der Waals surface area (Å²) >= 11 is 0. The van der Waals surface area contributed by atoms with E-state index in [0.29, 0.717) is 6.04 Å². The van der Waals surface area contributed by atoms with Gasteiger partial charge in [0, 0.05) is 44.8 Å². The molecular formula is C19H31N5O. The predicted molar refractivity (Wildman–Crippen MR) is 98.8 cm³/mol. The highest BCUT2D eigenvalue weighted by atomic mass is 16.2. The first-order valence-corrected chi connectivity index (χ1v) is 9.94. The van der Waals surface area contributed by atoms with Crippen LogP contribution in [0, 0.1) is 12.8 Å². The first-order valence-electron chi connectivity index (χ1n) is 9.94. The molecule has 6 heteroatoms. The summed E-state index contributed by atoms with van der Waals surface area (Å²) in [5.41, 5.74) is 1.05. The zero-order valence-corrected chi connectivity index (χ0v) is 15.6. The zero-order chi connectivity index (χ0) is 17.4. The van der Waals surface area contributed by atoms with Crippen LogP contribution in [-0.2, 0) is 7.05 Å². The Hall–Kier alpha value is -1.72. The summed E-state index contributed by atoms with van der Waals surface area (Å²) in [5, 5.41) is 7.80. The van der Waals surface area contributed by atoms with Crippen LogP contribution in [0.5, 0.6) is 0 Å². The van der Waals surface area contributed by atoms with Gasteiger partial charge in [-0.3, -0.25) is 4.68 Å². The molecule has 1 aromatic rings. The summed E-state index contributed by atoms with van der Waals surface area (Å²) in [7, 11) is 2.00. The number of rotatable bonds is 2. The second kappa shape index (κ2) is 6.89. The SMILES string of the molecule is Cc1cc(N2CCC[C@@H](NC(=O)N3CC[C@H]4CCCC[C@H]43)C2)n(C)n1. The number of hydrogen-bond acceptors (Lipinski definition) is 3. The standard InChI is InChI=1S/C19H31N5O/c1-14-12-18(22(2)21-14)23-10-5-7-16(13-23)20-19(25)24-11-9-15-6-3-4-8-17(15)24/h12,15-17H,3-11,13H2,1-2H3,(H,20,25)/t15-,16-,17-/m1/s1. The van der Waals surface area contributed by atoms with E-state index in [4.69, 9.17) is 0 Å². The second-order valence-electron chi connectivity index (χ2n) is 8.10. The minimum absolute atomic E-state index is 0.169. The van der Waals surface area contributed by atoms with Gasteiger partial charge in [0.2, 0.25) is 0 Å². The van der Waals surface area contributed by atoms with Gasteiger partial charge in [0.05, 0.1) is 5.69 Å². The van der Waals surface area contributed by atoms with E-state index in [2.05, 4.69) is 26.3 Å². The van der Waals surface area contributed by atoms with Crippen LogP contribution in [0.15, 0.2) is 6.07 Å². The lowest BCUT2D eigenvalue weighted by Crippen LogP contribution is -2.53. The highest BCUT2D eigenvalue weighted by Gasteiger charge is 2.38. The largest absolute Gasteiger partial charge is 0.355 e. The molecule has 4 rings (SSSR count). The van der Waals surface area contributed by atoms with E-state index in [-0.39, 0.29) is 12.1 Å². The molecule has 25 heavy (non-hydrogen) atoms. The highest BCUT2D eigenvalue weighted by Crippen LogP contribution is 2.36. The average Bonchev–Trinajstić information content (AvgIpc) is 3.18. The molecule has 0 radical (unpaired) electrons. The van der Waals surface area contributed by atoms with Gasteiger partial charge in [0.25, 0.3) is 0 Å². The molecule has 3 atom stereocenters. The quantitative estimate of drug-likeness (QED) is 0.896. The monoisotopic (exact) mass is 345 g/mol. The number of piperidine rings is 1. The van der Waals surface area contributed by atoms with Gasteiger partial charge in [0.1, 0.15) is 5.82 Å². The molecule has 3 heterocycles. The normalized spacial score (nSPS) is 29.6. The molecule has 3 fully saturated rings. The molecular weight excluding hydrogens is 314 g/mol. The number of carbonyl (C=O) groups is 1. The van der Waals surface area contributed by atoms with Gasteiger partial charge in [-0.15, -0.1) is 0 Å². The van der Waals surface area contributed by atoms with Crippen molar-refractivity contribution in [1.82, 2.24) is 20.0 Å². The fourth-order valence-corrected chi connectivity index (χ4v) is 5.11. The van der Waals surface area contributed by atoms with Crippen molar-refractivity contribution in [3.8, 4) is 0 Å². The average molecular weight is 345 g/mol. The van der Waals surface area contributed by atoms with E-state index in [1.807, 2.05) is 18.7 Å². The van der Waals surface area contributed by atoms with Crippen molar-refractivity contribution < 1.29 is 4.79 Å². The maximum atomic E-state index is 12.9. The number of anilines is 1. The molecule has 1 N–H and O–H groups in total. The van der Waals surface area contributed by atoms with Gasteiger partial charge >= 0.3 is 6.03 Å². The van der Waals surface area contributed by atoms with E-state index < -0.39 is 0 Å². The Balaban J connectivity index is 1.37. The number of likely N-dealkylation sites (tertiary alicyclic amines) is 1. The minimum atomic E-state index is 0.169. The molecule has 2 aliphatic heterocycles. The molecule has 1 aliphatic carbocycles. The summed E-state index contributed by atoms with van der Waals surface area (Å²) in [6.07, 6.45) is 8.51. The maximum Gasteiger partial charge on any atom is 0.317 e. The number of hydrogen-bond donors (Lipinski definition) is 1. The van der Waals surface area contributed by atoms with Crippen LogP contribution in [0.1, 0.15) is 50.6 Å². The second-order valence-corrected chi connectivity index (χ2v) is 8.10. The van der Waals surface area contributed by atoms with Crippen molar-refractivity contribution in [2.45, 2.75) is 64.0 Å². The van der Waals surface area contributed by atoms with Crippen LogP contribution in [0.25, 0.3) is 0 Å². The third-order valence-corrected chi connectivity index (χ3v) is 6.32. The molecule has 1 saturated carbocycles. The van der Waals surface area contributed by atoms with Gasteiger partial charge in [-0.2, -0.15) is 5.10 Å². The van der Waals surface area contributed by atoms with E-state index >= 15 is 0 Å². The summed E-state index contributed by atoms with van der Waals surface area (Å²) in [6, 6.07) is 3.03. The lowest BCUT2D eigenvalue weighted by Gasteiger charge is -2.37. The van der Waals surface area contributed by atoms with Crippen molar-refractivity contribution >= 4 is 11.8 Å². The molecule has 0 unspecified atom stereocenters. The van der Waals surface area contributed by atoms with E-state index in [1.54, 1.807) is 0 Å². The van der Waals surface area contributed by atoms with Crippen LogP contribution < -0.4 is 10.2 Å². The Morgan fingerprint density at radius 3 is 2.80 bits per heavy atom. The van der Waals surface area contributed by atoms with Crippen molar-refractivity contribution in [2.75, 3.05) is 24.5 Å². The smallest absolute Gasteiger partial charge is 0.317 e. The zero-order valence-electron chi connectivity index (χ0n) is 15.6. The van der Waals surface area contributed by atoms with Gasteiger partial charge in [-0.05, 0) is 44.9 Å². The lowest BCUT2D eigenvalue weighted by atomic mass is 9.85. The number of carbonyl (C=O) groups excluding carboxylic acids is 1. The number of urea groups is 1. The highest BCUT2D eigenvalue weighted by molar-refractivity contribution is 5.75. The third kappa shape index (κ3) is 3.35. The Labute approximate surface area is 150 Å². The number of aryl methyl sites for hydroxylation is 2. The molecule has 0 spiro atoms. The first kappa shape index (κ1) is 16.7. The van der Waals surface area contributed by atoms with Crippen LogP contribution in [0.2, 0.25) is 0 Å². The van der Waals surface area contributed by atoms with Crippen LogP contribution in [-0.4, -0.2) is 52.4 Å². The number of fused-ring (bicyclic) bond motifs is 1. The van der Waals surface area contributed by atoms with Crippen LogP contribution in [0.3, 0.4) is 0 Å². The molecule has 1 aromatic heterocycles. The van der Waals surface area contributed by atoms with Crippen molar-refractivity contribution in [3.05, 3.63) is 11.8 Å². The van der Waals surface area contributed by atoms with Gasteiger partial charge in [-0.25, -0.2) is 4.79 Å². The van der Waals surface area contributed by atoms with Gasteiger partial charge < -0.3 is 15.1 Å². The Bertz CT molecular complexity index is 627. The molecule has 2 amide bonds. The van der Waals surface area contributed by atoms with Crippen molar-refractivity contribution in [1.29, 1.82) is 0 Å². The first-order chi connectivity index (χ1) is 12.1. The molecule has 3 aliphatic rings. The van der Waals surface area contributed by atoms with Crippen molar-refractivity contribution in [2.24, 2.45) is 13.0 Å². The topological polar surface area (TPSA) is 53.4 Å². The predicted octanol–water partition coefficient (Wildman–Crippen LogP) is 2.67. The Morgan fingerprint density at radius 2 is 2.00 bits per heavy atom. The Morgan fingerprint density at radius 1 is 1.16 bits per heavy atom. The molecule has 6 nitrogen and oxygen atoms in total. The van der Waals surface area contributed by atoms with E-state index in [1.165, 1.54) is 32.1 Å². The van der Waals surface area contributed by atoms with E-state index in [0.717, 1.165) is 49.9 Å². The van der Waals surface area contributed by atoms with E-state index in [9.17, 15) is 4.79 Å². The summed E-state index contributed by atoms with van der Waals surface area (Å²) in [5.74, 6) is 1.91. The molecule has 0 bridgehead atoms.